The fraction of sp³-hybridized carbons (Fsp3) is 0.250. The van der Waals surface area contributed by atoms with Crippen LogP contribution in [-0.4, -0.2) is 12.1 Å². The summed E-state index contributed by atoms with van der Waals surface area (Å²) in [6.45, 7) is 1.96. The highest BCUT2D eigenvalue weighted by atomic mass is 35.5. The quantitative estimate of drug-likeness (QED) is 0.930. The van der Waals surface area contributed by atoms with Gasteiger partial charge < -0.3 is 10.5 Å². The van der Waals surface area contributed by atoms with Gasteiger partial charge >= 0.3 is 0 Å². The molecule has 90 valence electrons. The highest BCUT2D eigenvalue weighted by Crippen LogP contribution is 2.31. The van der Waals surface area contributed by atoms with Crippen LogP contribution in [0.5, 0.6) is 5.75 Å². The Hall–Kier alpha value is -1.10. The minimum Gasteiger partial charge on any atom is -0.495 e. The van der Waals surface area contributed by atoms with Crippen LogP contribution >= 0.6 is 22.9 Å². The normalized spacial score (nSPS) is 12.5. The van der Waals surface area contributed by atoms with Crippen molar-refractivity contribution in [2.45, 2.75) is 13.0 Å². The van der Waals surface area contributed by atoms with Gasteiger partial charge in [0.15, 0.2) is 0 Å². The van der Waals surface area contributed by atoms with Gasteiger partial charge in [0.05, 0.1) is 29.4 Å². The predicted molar refractivity (Wildman–Crippen MR) is 70.9 cm³/mol. The van der Waals surface area contributed by atoms with Gasteiger partial charge in [-0.15, -0.1) is 11.3 Å². The van der Waals surface area contributed by atoms with Crippen LogP contribution in [0.3, 0.4) is 0 Å². The van der Waals surface area contributed by atoms with E-state index in [1.165, 1.54) is 0 Å². The molecule has 0 spiro atoms. The smallest absolute Gasteiger partial charge is 0.137 e. The van der Waals surface area contributed by atoms with Gasteiger partial charge in [-0.2, -0.15) is 0 Å². The molecule has 1 aromatic carbocycles. The van der Waals surface area contributed by atoms with Gasteiger partial charge in [-0.1, -0.05) is 17.7 Å². The molecule has 0 amide bonds. The van der Waals surface area contributed by atoms with Crippen LogP contribution in [0.25, 0.3) is 0 Å². The predicted octanol–water partition coefficient (Wildman–Crippen LogP) is 3.16. The standard InChI is InChI=1S/C12H13ClN2OS/c1-7-12(17-6-15-7)11(14)8-3-4-9(13)10(5-8)16-2/h3-6,11H,14H2,1-2H3. The van der Waals surface area contributed by atoms with E-state index in [0.717, 1.165) is 16.1 Å². The maximum absolute atomic E-state index is 6.21. The number of methoxy groups -OCH3 is 1. The Kier molecular flexibility index (Phi) is 3.66. The van der Waals surface area contributed by atoms with E-state index >= 15 is 0 Å². The fourth-order valence-corrected chi connectivity index (χ4v) is 2.66. The highest BCUT2D eigenvalue weighted by molar-refractivity contribution is 7.09. The molecule has 0 saturated heterocycles. The molecule has 1 aromatic heterocycles. The Morgan fingerprint density at radius 2 is 2.24 bits per heavy atom. The molecule has 0 fully saturated rings. The molecule has 0 aliphatic carbocycles. The lowest BCUT2D eigenvalue weighted by atomic mass is 10.1. The topological polar surface area (TPSA) is 48.1 Å². The maximum atomic E-state index is 6.21. The molecular formula is C12H13ClN2OS. The van der Waals surface area contributed by atoms with Gasteiger partial charge in [0.1, 0.15) is 5.75 Å². The Balaban J connectivity index is 2.38. The molecular weight excluding hydrogens is 256 g/mol. The lowest BCUT2D eigenvalue weighted by Gasteiger charge is -2.13. The van der Waals surface area contributed by atoms with Gasteiger partial charge in [-0.05, 0) is 24.6 Å². The summed E-state index contributed by atoms with van der Waals surface area (Å²) >= 11 is 7.54. The largest absolute Gasteiger partial charge is 0.495 e. The van der Waals surface area contributed by atoms with Crippen molar-refractivity contribution in [3.8, 4) is 5.75 Å². The molecule has 2 aromatic rings. The number of nitrogens with two attached hydrogens (primary N) is 1. The summed E-state index contributed by atoms with van der Waals surface area (Å²) in [5.74, 6) is 0.641. The molecule has 2 N–H and O–H groups in total. The highest BCUT2D eigenvalue weighted by Gasteiger charge is 2.15. The number of aromatic nitrogens is 1. The van der Waals surface area contributed by atoms with Crippen molar-refractivity contribution in [1.82, 2.24) is 4.98 Å². The molecule has 1 atom stereocenters. The van der Waals surface area contributed by atoms with Crippen molar-refractivity contribution < 1.29 is 4.74 Å². The minimum atomic E-state index is -0.186. The van der Waals surface area contributed by atoms with Crippen LogP contribution in [-0.2, 0) is 0 Å². The third-order valence-electron chi connectivity index (χ3n) is 2.60. The van der Waals surface area contributed by atoms with E-state index in [2.05, 4.69) is 4.98 Å². The second kappa shape index (κ2) is 5.04. The molecule has 0 saturated carbocycles. The summed E-state index contributed by atoms with van der Waals surface area (Å²) in [5, 5.41) is 0.587. The van der Waals surface area contributed by atoms with Gasteiger partial charge in [-0.25, -0.2) is 4.98 Å². The second-order valence-electron chi connectivity index (χ2n) is 3.67. The van der Waals surface area contributed by atoms with E-state index in [9.17, 15) is 0 Å². The van der Waals surface area contributed by atoms with Crippen LogP contribution in [0.2, 0.25) is 5.02 Å². The molecule has 0 aliphatic heterocycles. The lowest BCUT2D eigenvalue weighted by molar-refractivity contribution is 0.414. The van der Waals surface area contributed by atoms with Crippen LogP contribution in [0.15, 0.2) is 23.7 Å². The number of rotatable bonds is 3. The monoisotopic (exact) mass is 268 g/mol. The molecule has 0 bridgehead atoms. The first-order chi connectivity index (χ1) is 8.13. The van der Waals surface area contributed by atoms with Crippen molar-refractivity contribution in [2.75, 3.05) is 7.11 Å². The molecule has 0 radical (unpaired) electrons. The summed E-state index contributed by atoms with van der Waals surface area (Å²) in [6, 6.07) is 5.39. The molecule has 2 rings (SSSR count). The number of benzene rings is 1. The Morgan fingerprint density at radius 1 is 1.47 bits per heavy atom. The third kappa shape index (κ3) is 2.44. The average molecular weight is 269 g/mol. The third-order valence-corrected chi connectivity index (χ3v) is 3.93. The van der Waals surface area contributed by atoms with Gasteiger partial charge in [-0.3, -0.25) is 0 Å². The maximum Gasteiger partial charge on any atom is 0.137 e. The van der Waals surface area contributed by atoms with Crippen LogP contribution in [0.1, 0.15) is 22.2 Å². The Labute approximate surface area is 109 Å². The van der Waals surface area contributed by atoms with Crippen molar-refractivity contribution in [2.24, 2.45) is 5.73 Å². The molecule has 17 heavy (non-hydrogen) atoms. The van der Waals surface area contributed by atoms with Gasteiger partial charge in [0.25, 0.3) is 0 Å². The minimum absolute atomic E-state index is 0.186. The van der Waals surface area contributed by atoms with E-state index in [1.54, 1.807) is 30.0 Å². The molecule has 5 heteroatoms. The number of aryl methyl sites for hydroxylation is 1. The lowest BCUT2D eigenvalue weighted by Crippen LogP contribution is -2.11. The Bertz CT molecular complexity index is 527. The summed E-state index contributed by atoms with van der Waals surface area (Å²) in [7, 11) is 1.59. The second-order valence-corrected chi connectivity index (χ2v) is 4.97. The van der Waals surface area contributed by atoms with Gasteiger partial charge in [0, 0.05) is 4.88 Å². The number of nitrogens with zero attached hydrogens (tertiary/aromatic N) is 1. The van der Waals surface area contributed by atoms with Crippen LogP contribution < -0.4 is 10.5 Å². The number of thiazole rings is 1. The first-order valence-electron chi connectivity index (χ1n) is 5.12. The van der Waals surface area contributed by atoms with Crippen molar-refractivity contribution in [1.29, 1.82) is 0 Å². The van der Waals surface area contributed by atoms with E-state index in [-0.39, 0.29) is 6.04 Å². The molecule has 1 heterocycles. The summed E-state index contributed by atoms with van der Waals surface area (Å²) in [5.41, 5.74) is 9.95. The summed E-state index contributed by atoms with van der Waals surface area (Å²) in [4.78, 5) is 5.27. The van der Waals surface area contributed by atoms with E-state index < -0.39 is 0 Å². The average Bonchev–Trinajstić information content (AvgIpc) is 2.75. The van der Waals surface area contributed by atoms with Crippen molar-refractivity contribution in [3.05, 3.63) is 44.9 Å². The zero-order chi connectivity index (χ0) is 12.4. The zero-order valence-electron chi connectivity index (χ0n) is 9.61. The van der Waals surface area contributed by atoms with E-state index in [4.69, 9.17) is 22.1 Å². The molecule has 1 unspecified atom stereocenters. The van der Waals surface area contributed by atoms with E-state index in [1.807, 2.05) is 19.1 Å². The number of hydrogen-bond acceptors (Lipinski definition) is 4. The van der Waals surface area contributed by atoms with Gasteiger partial charge in [0.2, 0.25) is 0 Å². The van der Waals surface area contributed by atoms with Crippen LogP contribution in [0.4, 0.5) is 0 Å². The summed E-state index contributed by atoms with van der Waals surface area (Å²) in [6.07, 6.45) is 0. The summed E-state index contributed by atoms with van der Waals surface area (Å²) < 4.78 is 5.18. The van der Waals surface area contributed by atoms with Crippen LogP contribution in [0, 0.1) is 6.92 Å². The SMILES string of the molecule is COc1cc(C(N)c2scnc2C)ccc1Cl. The van der Waals surface area contributed by atoms with Crippen molar-refractivity contribution in [3.63, 3.8) is 0 Å². The molecule has 0 aliphatic rings. The molecule has 3 nitrogen and oxygen atoms in total. The van der Waals surface area contributed by atoms with E-state index in [0.29, 0.717) is 10.8 Å². The number of hydrogen-bond donors (Lipinski definition) is 1. The number of ether oxygens (including phenoxy) is 1. The zero-order valence-corrected chi connectivity index (χ0v) is 11.2. The van der Waals surface area contributed by atoms with Crippen molar-refractivity contribution >= 4 is 22.9 Å². The number of halogens is 1. The Morgan fingerprint density at radius 3 is 2.82 bits per heavy atom. The fourth-order valence-electron chi connectivity index (χ4n) is 1.63. The first-order valence-corrected chi connectivity index (χ1v) is 6.38. The first kappa shape index (κ1) is 12.4.